The number of halogens is 1. The Balaban J connectivity index is 1.57. The molecule has 2 aromatic heterocycles. The van der Waals surface area contributed by atoms with Gasteiger partial charge in [-0.2, -0.15) is 0 Å². The van der Waals surface area contributed by atoms with Crippen molar-refractivity contribution in [2.75, 3.05) is 19.8 Å². The van der Waals surface area contributed by atoms with Crippen LogP contribution in [-0.2, 0) is 11.3 Å². The Bertz CT molecular complexity index is 801. The molecular weight excluding hydrogens is 326 g/mol. The lowest BCUT2D eigenvalue weighted by Gasteiger charge is -2.33. The van der Waals surface area contributed by atoms with Crippen molar-refractivity contribution in [2.45, 2.75) is 12.6 Å². The van der Waals surface area contributed by atoms with Crippen LogP contribution in [-0.4, -0.2) is 44.6 Å². The molecule has 1 atom stereocenters. The second-order valence-electron chi connectivity index (χ2n) is 5.79. The van der Waals surface area contributed by atoms with Crippen molar-refractivity contribution in [3.63, 3.8) is 0 Å². The second kappa shape index (κ2) is 6.76. The standard InChI is InChI=1S/C17H18ClN5O/c18-13-3-1-2-12(8-13)14-9-21-17(22-14)15-11-24-7-6-23(15)10-16-19-4-5-20-16/h1-5,8-9,15H,6-7,10-11H2,(H,19,20)(H,21,22)/t15-/m0/s1. The average Bonchev–Trinajstić information content (AvgIpc) is 3.27. The van der Waals surface area contributed by atoms with Crippen LogP contribution in [0.15, 0.2) is 42.9 Å². The Morgan fingerprint density at radius 1 is 1.33 bits per heavy atom. The molecule has 1 aromatic carbocycles. The minimum atomic E-state index is 0.0804. The van der Waals surface area contributed by atoms with Gasteiger partial charge in [-0.15, -0.1) is 0 Å². The third kappa shape index (κ3) is 3.21. The van der Waals surface area contributed by atoms with Crippen LogP contribution in [0, 0.1) is 0 Å². The summed E-state index contributed by atoms with van der Waals surface area (Å²) in [5.74, 6) is 1.85. The molecule has 3 heterocycles. The van der Waals surface area contributed by atoms with Gasteiger partial charge in [0.05, 0.1) is 37.7 Å². The van der Waals surface area contributed by atoms with E-state index in [-0.39, 0.29) is 6.04 Å². The predicted octanol–water partition coefficient (Wildman–Crippen LogP) is 3.03. The summed E-state index contributed by atoms with van der Waals surface area (Å²) in [5.41, 5.74) is 1.98. The minimum absolute atomic E-state index is 0.0804. The molecule has 124 valence electrons. The number of nitrogens with zero attached hydrogens (tertiary/aromatic N) is 3. The highest BCUT2D eigenvalue weighted by Crippen LogP contribution is 2.27. The van der Waals surface area contributed by atoms with Crippen LogP contribution >= 0.6 is 11.6 Å². The molecule has 0 saturated carbocycles. The van der Waals surface area contributed by atoms with E-state index in [9.17, 15) is 0 Å². The molecule has 1 aliphatic heterocycles. The molecule has 0 aliphatic carbocycles. The molecule has 4 rings (SSSR count). The maximum atomic E-state index is 6.08. The fourth-order valence-electron chi connectivity index (χ4n) is 2.96. The predicted molar refractivity (Wildman–Crippen MR) is 91.6 cm³/mol. The molecule has 0 unspecified atom stereocenters. The Labute approximate surface area is 144 Å². The molecule has 1 saturated heterocycles. The summed E-state index contributed by atoms with van der Waals surface area (Å²) in [4.78, 5) is 17.8. The molecule has 0 radical (unpaired) electrons. The van der Waals surface area contributed by atoms with Gasteiger partial charge in [-0.25, -0.2) is 9.97 Å². The highest BCUT2D eigenvalue weighted by atomic mass is 35.5. The van der Waals surface area contributed by atoms with Crippen LogP contribution < -0.4 is 0 Å². The maximum absolute atomic E-state index is 6.08. The van der Waals surface area contributed by atoms with Crippen LogP contribution in [0.3, 0.4) is 0 Å². The van der Waals surface area contributed by atoms with Gasteiger partial charge in [0, 0.05) is 29.5 Å². The number of aromatic nitrogens is 4. The lowest BCUT2D eigenvalue weighted by molar-refractivity contribution is -0.0166. The van der Waals surface area contributed by atoms with E-state index < -0.39 is 0 Å². The highest BCUT2D eigenvalue weighted by Gasteiger charge is 2.27. The smallest absolute Gasteiger partial charge is 0.126 e. The maximum Gasteiger partial charge on any atom is 0.126 e. The van der Waals surface area contributed by atoms with Crippen molar-refractivity contribution in [3.05, 3.63) is 59.5 Å². The second-order valence-corrected chi connectivity index (χ2v) is 6.23. The lowest BCUT2D eigenvalue weighted by Crippen LogP contribution is -2.39. The lowest BCUT2D eigenvalue weighted by atomic mass is 10.2. The molecule has 0 bridgehead atoms. The third-order valence-corrected chi connectivity index (χ3v) is 4.43. The molecule has 24 heavy (non-hydrogen) atoms. The first-order valence-corrected chi connectivity index (χ1v) is 8.28. The highest BCUT2D eigenvalue weighted by molar-refractivity contribution is 6.30. The molecule has 1 aliphatic rings. The van der Waals surface area contributed by atoms with Gasteiger partial charge in [-0.1, -0.05) is 23.7 Å². The van der Waals surface area contributed by atoms with Crippen LogP contribution in [0.1, 0.15) is 17.7 Å². The topological polar surface area (TPSA) is 69.8 Å². The molecule has 3 aromatic rings. The first-order chi connectivity index (χ1) is 11.8. The van der Waals surface area contributed by atoms with Crippen molar-refractivity contribution in [1.29, 1.82) is 0 Å². The number of aromatic amines is 2. The van der Waals surface area contributed by atoms with E-state index in [1.807, 2.05) is 36.7 Å². The van der Waals surface area contributed by atoms with Crippen LogP contribution in [0.25, 0.3) is 11.3 Å². The fourth-order valence-corrected chi connectivity index (χ4v) is 3.15. The van der Waals surface area contributed by atoms with E-state index in [0.717, 1.165) is 42.6 Å². The Kier molecular flexibility index (Phi) is 4.34. The summed E-state index contributed by atoms with van der Waals surface area (Å²) >= 11 is 6.08. The molecule has 7 heteroatoms. The fraction of sp³-hybridized carbons (Fsp3) is 0.294. The Morgan fingerprint density at radius 2 is 2.29 bits per heavy atom. The molecule has 2 N–H and O–H groups in total. The summed E-state index contributed by atoms with van der Waals surface area (Å²) in [6, 6.07) is 7.82. The van der Waals surface area contributed by atoms with Crippen molar-refractivity contribution >= 4 is 11.6 Å². The summed E-state index contributed by atoms with van der Waals surface area (Å²) < 4.78 is 5.67. The van der Waals surface area contributed by atoms with Crippen LogP contribution in [0.5, 0.6) is 0 Å². The van der Waals surface area contributed by atoms with E-state index in [2.05, 4.69) is 24.8 Å². The number of benzene rings is 1. The number of ether oxygens (including phenoxy) is 1. The summed E-state index contributed by atoms with van der Waals surface area (Å²) in [6.45, 7) is 2.93. The van der Waals surface area contributed by atoms with Gasteiger partial charge in [0.15, 0.2) is 0 Å². The SMILES string of the molecule is Clc1cccc(-c2cnc([C@@H]3COCCN3Cc3ncc[nH]3)[nH]2)c1. The van der Waals surface area contributed by atoms with E-state index in [0.29, 0.717) is 11.6 Å². The van der Waals surface area contributed by atoms with E-state index in [1.165, 1.54) is 0 Å². The number of rotatable bonds is 4. The van der Waals surface area contributed by atoms with Crippen molar-refractivity contribution < 1.29 is 4.74 Å². The largest absolute Gasteiger partial charge is 0.378 e. The Morgan fingerprint density at radius 3 is 3.12 bits per heavy atom. The van der Waals surface area contributed by atoms with E-state index in [1.54, 1.807) is 6.20 Å². The van der Waals surface area contributed by atoms with Gasteiger partial charge < -0.3 is 14.7 Å². The molecule has 0 amide bonds. The zero-order valence-corrected chi connectivity index (χ0v) is 13.8. The minimum Gasteiger partial charge on any atom is -0.378 e. The molecule has 1 fully saturated rings. The van der Waals surface area contributed by atoms with Crippen LogP contribution in [0.4, 0.5) is 0 Å². The normalized spacial score (nSPS) is 18.8. The third-order valence-electron chi connectivity index (χ3n) is 4.19. The summed E-state index contributed by atoms with van der Waals surface area (Å²) in [7, 11) is 0. The number of morpholine rings is 1. The summed E-state index contributed by atoms with van der Waals surface area (Å²) in [6.07, 6.45) is 5.46. The first kappa shape index (κ1) is 15.4. The van der Waals surface area contributed by atoms with Crippen LogP contribution in [0.2, 0.25) is 5.02 Å². The zero-order chi connectivity index (χ0) is 16.4. The van der Waals surface area contributed by atoms with Gasteiger partial charge in [0.1, 0.15) is 11.6 Å². The van der Waals surface area contributed by atoms with Gasteiger partial charge in [0.25, 0.3) is 0 Å². The summed E-state index contributed by atoms with van der Waals surface area (Å²) in [5, 5.41) is 0.712. The van der Waals surface area contributed by atoms with Crippen molar-refractivity contribution in [2.24, 2.45) is 0 Å². The zero-order valence-electron chi connectivity index (χ0n) is 13.1. The first-order valence-electron chi connectivity index (χ1n) is 7.90. The van der Waals surface area contributed by atoms with E-state index in [4.69, 9.17) is 16.3 Å². The number of hydrogen-bond acceptors (Lipinski definition) is 4. The molecular formula is C17H18ClN5O. The average molecular weight is 344 g/mol. The number of imidazole rings is 2. The van der Waals surface area contributed by atoms with Gasteiger partial charge >= 0.3 is 0 Å². The molecule has 6 nitrogen and oxygen atoms in total. The Hall–Kier alpha value is -2.15. The van der Waals surface area contributed by atoms with Gasteiger partial charge in [0.2, 0.25) is 0 Å². The van der Waals surface area contributed by atoms with Gasteiger partial charge in [-0.05, 0) is 12.1 Å². The molecule has 0 spiro atoms. The van der Waals surface area contributed by atoms with Crippen molar-refractivity contribution in [3.8, 4) is 11.3 Å². The number of H-pyrrole nitrogens is 2. The number of nitrogens with one attached hydrogen (secondary N) is 2. The number of hydrogen-bond donors (Lipinski definition) is 2. The van der Waals surface area contributed by atoms with Gasteiger partial charge in [-0.3, -0.25) is 4.90 Å². The van der Waals surface area contributed by atoms with E-state index >= 15 is 0 Å². The monoisotopic (exact) mass is 343 g/mol. The quantitative estimate of drug-likeness (QED) is 0.764. The van der Waals surface area contributed by atoms with Crippen molar-refractivity contribution in [1.82, 2.24) is 24.8 Å².